The van der Waals surface area contributed by atoms with Crippen molar-refractivity contribution >= 4 is 21.4 Å². The molecule has 0 aliphatic heterocycles. The van der Waals surface area contributed by atoms with Gasteiger partial charge in [-0.25, -0.2) is 8.42 Å². The largest absolute Gasteiger partial charge is 0.484 e. The molecule has 0 fully saturated rings. The first-order valence-electron chi connectivity index (χ1n) is 8.00. The first-order chi connectivity index (χ1) is 11.7. The standard InChI is InChI=1S/C19H23NO4S/c1-13(2)16-10-9-15(11-14(16)3)24-12-19(21)20-17-7-5-6-8-18(17)25(4,22)23/h5-11,13H,12H2,1-4H3,(H,20,21). The molecule has 1 amide bonds. The molecule has 0 heterocycles. The predicted molar refractivity (Wildman–Crippen MR) is 98.9 cm³/mol. The van der Waals surface area contributed by atoms with Gasteiger partial charge >= 0.3 is 0 Å². The molecular weight excluding hydrogens is 338 g/mol. The number of benzene rings is 2. The average molecular weight is 361 g/mol. The molecule has 0 aromatic heterocycles. The third kappa shape index (κ3) is 5.06. The van der Waals surface area contributed by atoms with Gasteiger partial charge in [0.15, 0.2) is 16.4 Å². The third-order valence-electron chi connectivity index (χ3n) is 3.79. The van der Waals surface area contributed by atoms with E-state index in [4.69, 9.17) is 4.74 Å². The van der Waals surface area contributed by atoms with Crippen LogP contribution in [0.3, 0.4) is 0 Å². The maximum absolute atomic E-state index is 12.1. The van der Waals surface area contributed by atoms with E-state index in [1.54, 1.807) is 18.2 Å². The van der Waals surface area contributed by atoms with Gasteiger partial charge < -0.3 is 10.1 Å². The summed E-state index contributed by atoms with van der Waals surface area (Å²) in [6, 6.07) is 12.0. The summed E-state index contributed by atoms with van der Waals surface area (Å²) in [6.45, 7) is 6.05. The summed E-state index contributed by atoms with van der Waals surface area (Å²) in [6.07, 6.45) is 1.10. The maximum Gasteiger partial charge on any atom is 0.262 e. The molecule has 0 unspecified atom stereocenters. The number of ether oxygens (including phenoxy) is 1. The molecule has 0 aliphatic carbocycles. The Balaban J connectivity index is 2.04. The van der Waals surface area contributed by atoms with Crippen LogP contribution in [-0.4, -0.2) is 27.2 Å². The number of hydrogen-bond acceptors (Lipinski definition) is 4. The number of anilines is 1. The van der Waals surface area contributed by atoms with Crippen LogP contribution in [0.15, 0.2) is 47.4 Å². The van der Waals surface area contributed by atoms with Crippen LogP contribution in [0.1, 0.15) is 30.9 Å². The molecule has 6 heteroatoms. The van der Waals surface area contributed by atoms with Crippen molar-refractivity contribution in [1.29, 1.82) is 0 Å². The van der Waals surface area contributed by atoms with Gasteiger partial charge in [-0.05, 0) is 48.2 Å². The minimum absolute atomic E-state index is 0.0838. The second kappa shape index (κ2) is 7.70. The summed E-state index contributed by atoms with van der Waals surface area (Å²) in [5, 5.41) is 2.59. The van der Waals surface area contributed by atoms with E-state index in [-0.39, 0.29) is 17.2 Å². The molecule has 0 saturated carbocycles. The molecule has 0 atom stereocenters. The van der Waals surface area contributed by atoms with Gasteiger partial charge in [-0.3, -0.25) is 4.79 Å². The van der Waals surface area contributed by atoms with Crippen LogP contribution in [0.2, 0.25) is 0 Å². The number of hydrogen-bond donors (Lipinski definition) is 1. The second-order valence-electron chi connectivity index (χ2n) is 6.28. The molecule has 25 heavy (non-hydrogen) atoms. The molecule has 0 radical (unpaired) electrons. The van der Waals surface area contributed by atoms with Gasteiger partial charge in [0, 0.05) is 6.26 Å². The lowest BCUT2D eigenvalue weighted by Gasteiger charge is -2.13. The van der Waals surface area contributed by atoms with E-state index in [0.29, 0.717) is 11.7 Å². The van der Waals surface area contributed by atoms with Crippen molar-refractivity contribution in [3.63, 3.8) is 0 Å². The number of carbonyl (C=O) groups is 1. The fraction of sp³-hybridized carbons (Fsp3) is 0.316. The van der Waals surface area contributed by atoms with Crippen molar-refractivity contribution in [2.24, 2.45) is 0 Å². The van der Waals surface area contributed by atoms with Gasteiger partial charge in [-0.1, -0.05) is 32.0 Å². The molecule has 134 valence electrons. The van der Waals surface area contributed by atoms with Crippen LogP contribution in [0.4, 0.5) is 5.69 Å². The van der Waals surface area contributed by atoms with Crippen LogP contribution in [0.5, 0.6) is 5.75 Å². The van der Waals surface area contributed by atoms with E-state index < -0.39 is 15.7 Å². The van der Waals surface area contributed by atoms with Crippen molar-refractivity contribution < 1.29 is 17.9 Å². The molecule has 0 spiro atoms. The minimum atomic E-state index is -3.42. The Labute approximate surface area is 148 Å². The summed E-state index contributed by atoms with van der Waals surface area (Å²) in [4.78, 5) is 12.2. The zero-order valence-corrected chi connectivity index (χ0v) is 15.7. The van der Waals surface area contributed by atoms with Gasteiger partial charge in [-0.15, -0.1) is 0 Å². The summed E-state index contributed by atoms with van der Waals surface area (Å²) in [5.74, 6) is 0.611. The van der Waals surface area contributed by atoms with Crippen LogP contribution in [-0.2, 0) is 14.6 Å². The highest BCUT2D eigenvalue weighted by atomic mass is 32.2. The van der Waals surface area contributed by atoms with E-state index in [1.807, 2.05) is 25.1 Å². The molecule has 0 bridgehead atoms. The highest BCUT2D eigenvalue weighted by molar-refractivity contribution is 7.90. The normalized spacial score (nSPS) is 11.4. The predicted octanol–water partition coefficient (Wildman–Crippen LogP) is 3.54. The Morgan fingerprint density at radius 1 is 1.16 bits per heavy atom. The number of nitrogens with one attached hydrogen (secondary N) is 1. The second-order valence-corrected chi connectivity index (χ2v) is 8.26. The van der Waals surface area contributed by atoms with E-state index in [1.165, 1.54) is 11.6 Å². The Bertz CT molecular complexity index is 873. The zero-order chi connectivity index (χ0) is 18.6. The van der Waals surface area contributed by atoms with Crippen LogP contribution < -0.4 is 10.1 Å². The van der Waals surface area contributed by atoms with Gasteiger partial charge in [0.2, 0.25) is 0 Å². The first-order valence-corrected chi connectivity index (χ1v) is 9.90. The number of rotatable bonds is 6. The quantitative estimate of drug-likeness (QED) is 0.854. The minimum Gasteiger partial charge on any atom is -0.484 e. The van der Waals surface area contributed by atoms with Crippen molar-refractivity contribution in [2.75, 3.05) is 18.2 Å². The highest BCUT2D eigenvalue weighted by Crippen LogP contribution is 2.24. The fourth-order valence-electron chi connectivity index (χ4n) is 2.61. The summed E-state index contributed by atoms with van der Waals surface area (Å²) in [7, 11) is -3.42. The molecule has 0 saturated heterocycles. The van der Waals surface area contributed by atoms with E-state index in [9.17, 15) is 13.2 Å². The molecule has 1 N–H and O–H groups in total. The zero-order valence-electron chi connectivity index (χ0n) is 14.9. The molecule has 2 aromatic carbocycles. The Kier molecular flexibility index (Phi) is 5.85. The average Bonchev–Trinajstić information content (AvgIpc) is 2.52. The molecule has 2 aromatic rings. The van der Waals surface area contributed by atoms with Crippen LogP contribution in [0, 0.1) is 6.92 Å². The Morgan fingerprint density at radius 2 is 1.84 bits per heavy atom. The number of amides is 1. The van der Waals surface area contributed by atoms with Gasteiger partial charge in [0.1, 0.15) is 5.75 Å². The molecular formula is C19H23NO4S. The number of aryl methyl sites for hydroxylation is 1. The number of carbonyl (C=O) groups excluding carboxylic acids is 1. The summed E-state index contributed by atoms with van der Waals surface area (Å²) < 4.78 is 29.0. The smallest absolute Gasteiger partial charge is 0.262 e. The van der Waals surface area contributed by atoms with Crippen LogP contribution in [0.25, 0.3) is 0 Å². The Hall–Kier alpha value is -2.34. The topological polar surface area (TPSA) is 72.5 Å². The van der Waals surface area contributed by atoms with Gasteiger partial charge in [0.25, 0.3) is 5.91 Å². The van der Waals surface area contributed by atoms with Crippen LogP contribution >= 0.6 is 0 Å². The lowest BCUT2D eigenvalue weighted by atomic mass is 9.98. The van der Waals surface area contributed by atoms with E-state index in [2.05, 4.69) is 19.2 Å². The lowest BCUT2D eigenvalue weighted by Crippen LogP contribution is -2.21. The van der Waals surface area contributed by atoms with Gasteiger partial charge in [0.05, 0.1) is 10.6 Å². The fourth-order valence-corrected chi connectivity index (χ4v) is 3.46. The van der Waals surface area contributed by atoms with Crippen molar-refractivity contribution in [3.05, 3.63) is 53.6 Å². The lowest BCUT2D eigenvalue weighted by molar-refractivity contribution is -0.118. The van der Waals surface area contributed by atoms with Crippen molar-refractivity contribution in [1.82, 2.24) is 0 Å². The third-order valence-corrected chi connectivity index (χ3v) is 4.95. The maximum atomic E-state index is 12.1. The molecule has 5 nitrogen and oxygen atoms in total. The van der Waals surface area contributed by atoms with Crippen molar-refractivity contribution in [3.8, 4) is 5.75 Å². The molecule has 2 rings (SSSR count). The first kappa shape index (κ1) is 19.0. The SMILES string of the molecule is Cc1cc(OCC(=O)Nc2ccccc2S(C)(=O)=O)ccc1C(C)C. The highest BCUT2D eigenvalue weighted by Gasteiger charge is 2.15. The summed E-state index contributed by atoms with van der Waals surface area (Å²) >= 11 is 0. The van der Waals surface area contributed by atoms with Crippen molar-refractivity contribution in [2.45, 2.75) is 31.6 Å². The van der Waals surface area contributed by atoms with E-state index in [0.717, 1.165) is 11.8 Å². The molecule has 0 aliphatic rings. The number of sulfone groups is 1. The Morgan fingerprint density at radius 3 is 2.44 bits per heavy atom. The monoisotopic (exact) mass is 361 g/mol. The van der Waals surface area contributed by atoms with Gasteiger partial charge in [-0.2, -0.15) is 0 Å². The van der Waals surface area contributed by atoms with E-state index >= 15 is 0 Å². The number of para-hydroxylation sites is 1. The summed E-state index contributed by atoms with van der Waals surface area (Å²) in [5.41, 5.74) is 2.60.